The topological polar surface area (TPSA) is 66.8 Å². The number of ether oxygens (including phenoxy) is 1. The number of allylic oxidation sites excluding steroid dienone is 2. The van der Waals surface area contributed by atoms with E-state index in [1.54, 1.807) is 48.4 Å². The zero-order valence-corrected chi connectivity index (χ0v) is 12.7. The number of hydrogen-bond acceptors (Lipinski definition) is 3. The Morgan fingerprint density at radius 1 is 1.23 bits per heavy atom. The summed E-state index contributed by atoms with van der Waals surface area (Å²) in [6.45, 7) is 6.95. The average molecular weight is 303 g/mol. The van der Waals surface area contributed by atoms with Gasteiger partial charge in [0.1, 0.15) is 5.75 Å². The highest BCUT2D eigenvalue weighted by Gasteiger charge is 2.20. The van der Waals surface area contributed by atoms with Crippen LogP contribution in [0, 0.1) is 5.92 Å². The predicted molar refractivity (Wildman–Crippen MR) is 86.1 cm³/mol. The molecule has 0 saturated heterocycles. The van der Waals surface area contributed by atoms with E-state index in [0.29, 0.717) is 24.3 Å². The number of rotatable bonds is 9. The van der Waals surface area contributed by atoms with Gasteiger partial charge in [0, 0.05) is 18.7 Å². The lowest BCUT2D eigenvalue weighted by atomic mass is 9.99. The first-order chi connectivity index (χ1) is 10.5. The molecule has 0 unspecified atom stereocenters. The molecule has 0 aliphatic heterocycles. The normalized spacial score (nSPS) is 10.1. The molecule has 1 aromatic carbocycles. The number of anilines is 1. The number of amides is 1. The van der Waals surface area contributed by atoms with Gasteiger partial charge < -0.3 is 14.7 Å². The fourth-order valence-corrected chi connectivity index (χ4v) is 2.01. The lowest BCUT2D eigenvalue weighted by molar-refractivity contribution is -0.139. The minimum Gasteiger partial charge on any atom is -0.482 e. The van der Waals surface area contributed by atoms with Gasteiger partial charge in [-0.1, -0.05) is 12.2 Å². The monoisotopic (exact) mass is 303 g/mol. The van der Waals surface area contributed by atoms with Crippen molar-refractivity contribution in [2.45, 2.75) is 12.8 Å². The standard InChI is InChI=1S/C17H21NO4/c1-4-6-13(7-5-2)17(21)18(3)14-8-10-15(11-9-14)22-12-16(19)20/h4-5,8-11,13H,1-2,6-7,12H2,3H3,(H,19,20). The Hall–Kier alpha value is -2.56. The van der Waals surface area contributed by atoms with Gasteiger partial charge in [0.05, 0.1) is 0 Å². The van der Waals surface area contributed by atoms with Crippen LogP contribution in [0.4, 0.5) is 5.69 Å². The molecule has 0 aromatic heterocycles. The Bertz CT molecular complexity index is 526. The zero-order chi connectivity index (χ0) is 16.5. The van der Waals surface area contributed by atoms with Gasteiger partial charge in [0.15, 0.2) is 6.61 Å². The van der Waals surface area contributed by atoms with E-state index in [9.17, 15) is 9.59 Å². The lowest BCUT2D eigenvalue weighted by Gasteiger charge is -2.22. The van der Waals surface area contributed by atoms with Crippen LogP contribution in [-0.4, -0.2) is 30.6 Å². The van der Waals surface area contributed by atoms with Crippen LogP contribution in [-0.2, 0) is 9.59 Å². The number of benzene rings is 1. The van der Waals surface area contributed by atoms with Crippen LogP contribution in [0.5, 0.6) is 5.75 Å². The molecule has 0 radical (unpaired) electrons. The minimum atomic E-state index is -1.03. The summed E-state index contributed by atoms with van der Waals surface area (Å²) in [7, 11) is 1.70. The highest BCUT2D eigenvalue weighted by atomic mass is 16.5. The van der Waals surface area contributed by atoms with Gasteiger partial charge in [0.2, 0.25) is 5.91 Å². The summed E-state index contributed by atoms with van der Waals surface area (Å²) in [6.07, 6.45) is 4.63. The summed E-state index contributed by atoms with van der Waals surface area (Å²) in [5, 5.41) is 8.56. The number of carbonyl (C=O) groups is 2. The third-order valence-corrected chi connectivity index (χ3v) is 3.17. The molecular weight excluding hydrogens is 282 g/mol. The van der Waals surface area contributed by atoms with E-state index in [2.05, 4.69) is 13.2 Å². The van der Waals surface area contributed by atoms with Crippen LogP contribution >= 0.6 is 0 Å². The van der Waals surface area contributed by atoms with Crippen molar-refractivity contribution >= 4 is 17.6 Å². The quantitative estimate of drug-likeness (QED) is 0.712. The first kappa shape index (κ1) is 17.5. The van der Waals surface area contributed by atoms with Crippen LogP contribution in [0.2, 0.25) is 0 Å². The highest BCUT2D eigenvalue weighted by Crippen LogP contribution is 2.22. The SMILES string of the molecule is C=CCC(CC=C)C(=O)N(C)c1ccc(OCC(=O)O)cc1. The van der Waals surface area contributed by atoms with Crippen molar-refractivity contribution in [2.24, 2.45) is 5.92 Å². The van der Waals surface area contributed by atoms with Gasteiger partial charge in [0.25, 0.3) is 0 Å². The molecule has 1 aromatic rings. The molecule has 0 saturated carbocycles. The van der Waals surface area contributed by atoms with E-state index in [-0.39, 0.29) is 11.8 Å². The summed E-state index contributed by atoms with van der Waals surface area (Å²) in [6, 6.07) is 6.71. The third kappa shape index (κ3) is 5.09. The zero-order valence-electron chi connectivity index (χ0n) is 12.7. The highest BCUT2D eigenvalue weighted by molar-refractivity contribution is 5.94. The lowest BCUT2D eigenvalue weighted by Crippen LogP contribution is -2.32. The number of hydrogen-bond donors (Lipinski definition) is 1. The van der Waals surface area contributed by atoms with Crippen molar-refractivity contribution in [3.63, 3.8) is 0 Å². The van der Waals surface area contributed by atoms with Gasteiger partial charge in [-0.3, -0.25) is 4.79 Å². The summed E-state index contributed by atoms with van der Waals surface area (Å²) in [4.78, 5) is 24.5. The molecule has 118 valence electrons. The fourth-order valence-electron chi connectivity index (χ4n) is 2.01. The third-order valence-electron chi connectivity index (χ3n) is 3.17. The van der Waals surface area contributed by atoms with Gasteiger partial charge in [-0.25, -0.2) is 4.79 Å². The molecule has 1 amide bonds. The van der Waals surface area contributed by atoms with Gasteiger partial charge in [-0.15, -0.1) is 13.2 Å². The molecule has 1 rings (SSSR count). The molecule has 0 bridgehead atoms. The predicted octanol–water partition coefficient (Wildman–Crippen LogP) is 2.88. The first-order valence-electron chi connectivity index (χ1n) is 6.93. The molecule has 0 fully saturated rings. The fraction of sp³-hybridized carbons (Fsp3) is 0.294. The van der Waals surface area contributed by atoms with Gasteiger partial charge in [-0.2, -0.15) is 0 Å². The smallest absolute Gasteiger partial charge is 0.341 e. The van der Waals surface area contributed by atoms with Crippen LogP contribution in [0.25, 0.3) is 0 Å². The number of carbonyl (C=O) groups excluding carboxylic acids is 1. The molecule has 0 spiro atoms. The van der Waals surface area contributed by atoms with E-state index < -0.39 is 12.6 Å². The van der Waals surface area contributed by atoms with Crippen molar-refractivity contribution in [3.8, 4) is 5.75 Å². The Kier molecular flexibility index (Phi) is 6.89. The largest absolute Gasteiger partial charge is 0.482 e. The van der Waals surface area contributed by atoms with Crippen LogP contribution in [0.1, 0.15) is 12.8 Å². The minimum absolute atomic E-state index is 0.0148. The second-order valence-corrected chi connectivity index (χ2v) is 4.82. The summed E-state index contributed by atoms with van der Waals surface area (Å²) >= 11 is 0. The second kappa shape index (κ2) is 8.67. The summed E-state index contributed by atoms with van der Waals surface area (Å²) < 4.78 is 5.06. The maximum absolute atomic E-state index is 12.4. The van der Waals surface area contributed by atoms with Crippen molar-refractivity contribution in [3.05, 3.63) is 49.6 Å². The molecule has 0 aliphatic carbocycles. The first-order valence-corrected chi connectivity index (χ1v) is 6.93. The molecule has 5 heteroatoms. The molecule has 0 aliphatic rings. The summed E-state index contributed by atoms with van der Waals surface area (Å²) in [5.41, 5.74) is 0.714. The number of carboxylic acids is 1. The molecule has 22 heavy (non-hydrogen) atoms. The Balaban J connectivity index is 2.76. The van der Waals surface area contributed by atoms with Gasteiger partial charge in [-0.05, 0) is 37.1 Å². The number of aliphatic carboxylic acids is 1. The number of nitrogens with zero attached hydrogens (tertiary/aromatic N) is 1. The molecular formula is C17H21NO4. The van der Waals surface area contributed by atoms with Crippen molar-refractivity contribution in [2.75, 3.05) is 18.6 Å². The van der Waals surface area contributed by atoms with E-state index >= 15 is 0 Å². The number of carboxylic acid groups (broad SMARTS) is 1. The molecule has 5 nitrogen and oxygen atoms in total. The second-order valence-electron chi connectivity index (χ2n) is 4.82. The maximum atomic E-state index is 12.4. The van der Waals surface area contributed by atoms with Crippen LogP contribution in [0.15, 0.2) is 49.6 Å². The Morgan fingerprint density at radius 2 is 1.77 bits per heavy atom. The van der Waals surface area contributed by atoms with E-state index in [4.69, 9.17) is 9.84 Å². The molecule has 1 N–H and O–H groups in total. The van der Waals surface area contributed by atoms with Crippen LogP contribution in [0.3, 0.4) is 0 Å². The Labute approximate surface area is 130 Å². The molecule has 0 atom stereocenters. The Morgan fingerprint density at radius 3 is 2.23 bits per heavy atom. The van der Waals surface area contributed by atoms with E-state index in [1.807, 2.05) is 0 Å². The average Bonchev–Trinajstić information content (AvgIpc) is 2.52. The maximum Gasteiger partial charge on any atom is 0.341 e. The van der Waals surface area contributed by atoms with Crippen molar-refractivity contribution in [1.29, 1.82) is 0 Å². The van der Waals surface area contributed by atoms with Gasteiger partial charge >= 0.3 is 5.97 Å². The summed E-state index contributed by atoms with van der Waals surface area (Å²) in [5.74, 6) is -0.782. The van der Waals surface area contributed by atoms with E-state index in [1.165, 1.54) is 0 Å². The van der Waals surface area contributed by atoms with Crippen molar-refractivity contribution < 1.29 is 19.4 Å². The molecule has 0 heterocycles. The van der Waals surface area contributed by atoms with Crippen LogP contribution < -0.4 is 9.64 Å². The van der Waals surface area contributed by atoms with E-state index in [0.717, 1.165) is 0 Å². The van der Waals surface area contributed by atoms with Crippen molar-refractivity contribution in [1.82, 2.24) is 0 Å².